The van der Waals surface area contributed by atoms with Crippen LogP contribution in [0.1, 0.15) is 24.8 Å². The molecule has 0 aromatic carbocycles. The summed E-state index contributed by atoms with van der Waals surface area (Å²) in [6.07, 6.45) is 10.4. The van der Waals surface area contributed by atoms with Gasteiger partial charge in [-0.15, -0.1) is 0 Å². The summed E-state index contributed by atoms with van der Waals surface area (Å²) in [6, 6.07) is 4.15. The van der Waals surface area contributed by atoms with Gasteiger partial charge in [0.1, 0.15) is 0 Å². The molecule has 0 saturated carbocycles. The highest BCUT2D eigenvalue weighted by molar-refractivity contribution is 5.25. The van der Waals surface area contributed by atoms with Gasteiger partial charge in [-0.05, 0) is 31.5 Å². The van der Waals surface area contributed by atoms with E-state index < -0.39 is 0 Å². The number of furan rings is 1. The van der Waals surface area contributed by atoms with Crippen molar-refractivity contribution in [3.8, 4) is 0 Å². The molecule has 2 aliphatic rings. The number of anilines is 1. The van der Waals surface area contributed by atoms with Gasteiger partial charge >= 0.3 is 0 Å². The van der Waals surface area contributed by atoms with Crippen molar-refractivity contribution >= 4 is 5.95 Å². The number of nitrogens with zero attached hydrogens (tertiary/aromatic N) is 3. The highest BCUT2D eigenvalue weighted by atomic mass is 16.5. The van der Waals surface area contributed by atoms with Crippen LogP contribution in [0.2, 0.25) is 0 Å². The Bertz CT molecular complexity index is 619. The first-order chi connectivity index (χ1) is 11.3. The van der Waals surface area contributed by atoms with Crippen LogP contribution in [-0.2, 0) is 11.3 Å². The van der Waals surface area contributed by atoms with E-state index in [-0.39, 0.29) is 11.6 Å². The second kappa shape index (κ2) is 6.29. The van der Waals surface area contributed by atoms with Gasteiger partial charge in [0.2, 0.25) is 5.95 Å². The maximum absolute atomic E-state index is 6.23. The Hall–Kier alpha value is -1.92. The van der Waals surface area contributed by atoms with Crippen LogP contribution in [0.3, 0.4) is 0 Å². The van der Waals surface area contributed by atoms with Crippen LogP contribution in [0, 0.1) is 0 Å². The molecule has 0 amide bonds. The molecule has 2 atom stereocenters. The van der Waals surface area contributed by atoms with Crippen molar-refractivity contribution in [3.05, 3.63) is 42.6 Å². The summed E-state index contributed by atoms with van der Waals surface area (Å²) in [5.74, 6) is 0.684. The zero-order valence-electron chi connectivity index (χ0n) is 13.1. The van der Waals surface area contributed by atoms with Crippen molar-refractivity contribution < 1.29 is 9.15 Å². The van der Waals surface area contributed by atoms with Crippen molar-refractivity contribution in [2.75, 3.05) is 25.0 Å². The number of hydrogen-bond donors (Lipinski definition) is 1. The minimum atomic E-state index is -0.0333. The summed E-state index contributed by atoms with van der Waals surface area (Å²) in [5, 5.41) is 3.39. The van der Waals surface area contributed by atoms with E-state index in [2.05, 4.69) is 20.2 Å². The molecule has 1 N–H and O–H groups in total. The molecule has 1 spiro atoms. The van der Waals surface area contributed by atoms with Crippen molar-refractivity contribution in [2.24, 2.45) is 0 Å². The molecule has 0 bridgehead atoms. The topological polar surface area (TPSA) is 63.4 Å². The van der Waals surface area contributed by atoms with Crippen LogP contribution >= 0.6 is 0 Å². The molecule has 2 aromatic heterocycles. The van der Waals surface area contributed by atoms with Crippen LogP contribution in [0.5, 0.6) is 0 Å². The lowest BCUT2D eigenvalue weighted by Crippen LogP contribution is -2.47. The summed E-state index contributed by atoms with van der Waals surface area (Å²) in [5.41, 5.74) is 1.20. The van der Waals surface area contributed by atoms with E-state index in [9.17, 15) is 0 Å². The number of nitrogens with one attached hydrogen (secondary N) is 1. The maximum Gasteiger partial charge on any atom is 0.222 e. The van der Waals surface area contributed by atoms with E-state index in [1.807, 2.05) is 18.4 Å². The highest BCUT2D eigenvalue weighted by Gasteiger charge is 2.43. The third kappa shape index (κ3) is 3.38. The molecule has 6 nitrogen and oxygen atoms in total. The maximum atomic E-state index is 6.23. The number of aromatic nitrogens is 2. The predicted molar refractivity (Wildman–Crippen MR) is 86.0 cm³/mol. The fourth-order valence-corrected chi connectivity index (χ4v) is 3.74. The average molecular weight is 314 g/mol. The third-order valence-electron chi connectivity index (χ3n) is 4.71. The second-order valence-electron chi connectivity index (χ2n) is 6.56. The Morgan fingerprint density at radius 2 is 2.26 bits per heavy atom. The molecule has 0 aliphatic carbocycles. The van der Waals surface area contributed by atoms with E-state index in [1.54, 1.807) is 18.7 Å². The van der Waals surface area contributed by atoms with Crippen molar-refractivity contribution in [3.63, 3.8) is 0 Å². The summed E-state index contributed by atoms with van der Waals surface area (Å²) in [6.45, 7) is 3.75. The summed E-state index contributed by atoms with van der Waals surface area (Å²) in [7, 11) is 0. The number of likely N-dealkylation sites (tertiary alicyclic amines) is 1. The molecule has 4 heterocycles. The average Bonchev–Trinajstić information content (AvgIpc) is 3.19. The fourth-order valence-electron chi connectivity index (χ4n) is 3.74. The largest absolute Gasteiger partial charge is 0.472 e. The first-order valence-corrected chi connectivity index (χ1v) is 8.22. The van der Waals surface area contributed by atoms with E-state index in [4.69, 9.17) is 9.15 Å². The number of hydrogen-bond acceptors (Lipinski definition) is 6. The van der Waals surface area contributed by atoms with Crippen LogP contribution < -0.4 is 5.32 Å². The van der Waals surface area contributed by atoms with Gasteiger partial charge in [0.05, 0.1) is 30.8 Å². The highest BCUT2D eigenvalue weighted by Crippen LogP contribution is 2.35. The standard InChI is InChI=1S/C17H22N4O2/c1-4-17(13-21(7-1)10-14-3-8-22-11-14)9-15(12-23-17)20-16-18-5-2-6-19-16/h2-3,5-6,8,11,15H,1,4,7,9-10,12-13H2,(H,18,19,20)/t15-,17+/m0/s1. The van der Waals surface area contributed by atoms with Gasteiger partial charge in [-0.1, -0.05) is 0 Å². The second-order valence-corrected chi connectivity index (χ2v) is 6.56. The van der Waals surface area contributed by atoms with E-state index in [0.717, 1.165) is 39.1 Å². The van der Waals surface area contributed by atoms with Gasteiger partial charge in [0.25, 0.3) is 0 Å². The molecular weight excluding hydrogens is 292 g/mol. The van der Waals surface area contributed by atoms with Crippen LogP contribution in [0.4, 0.5) is 5.95 Å². The smallest absolute Gasteiger partial charge is 0.222 e. The molecule has 122 valence electrons. The Morgan fingerprint density at radius 3 is 3.09 bits per heavy atom. The van der Waals surface area contributed by atoms with Crippen molar-refractivity contribution in [1.82, 2.24) is 14.9 Å². The molecule has 2 aromatic rings. The lowest BCUT2D eigenvalue weighted by atomic mass is 9.88. The van der Waals surface area contributed by atoms with Gasteiger partial charge < -0.3 is 14.5 Å². The van der Waals surface area contributed by atoms with E-state index in [0.29, 0.717) is 5.95 Å². The van der Waals surface area contributed by atoms with Gasteiger partial charge in [-0.2, -0.15) is 0 Å². The normalized spacial score (nSPS) is 28.3. The van der Waals surface area contributed by atoms with E-state index in [1.165, 1.54) is 12.0 Å². The number of ether oxygens (including phenoxy) is 1. The first-order valence-electron chi connectivity index (χ1n) is 8.22. The minimum absolute atomic E-state index is 0.0333. The first kappa shape index (κ1) is 14.7. The number of rotatable bonds is 4. The molecule has 6 heteroatoms. The quantitative estimate of drug-likeness (QED) is 0.934. The van der Waals surface area contributed by atoms with Gasteiger partial charge in [-0.3, -0.25) is 4.90 Å². The Labute approximate surface area is 135 Å². The van der Waals surface area contributed by atoms with E-state index >= 15 is 0 Å². The van der Waals surface area contributed by atoms with Crippen LogP contribution in [-0.4, -0.2) is 46.2 Å². The zero-order valence-corrected chi connectivity index (χ0v) is 13.1. The molecule has 23 heavy (non-hydrogen) atoms. The molecular formula is C17H22N4O2. The third-order valence-corrected chi connectivity index (χ3v) is 4.71. The molecule has 4 rings (SSSR count). The summed E-state index contributed by atoms with van der Waals surface area (Å²) >= 11 is 0. The van der Waals surface area contributed by atoms with Gasteiger partial charge in [0, 0.05) is 37.5 Å². The molecule has 0 radical (unpaired) electrons. The Kier molecular flexibility index (Phi) is 4.01. The van der Waals surface area contributed by atoms with Crippen molar-refractivity contribution in [1.29, 1.82) is 0 Å². The van der Waals surface area contributed by atoms with Gasteiger partial charge in [0.15, 0.2) is 0 Å². The fraction of sp³-hybridized carbons (Fsp3) is 0.529. The molecule has 0 unspecified atom stereocenters. The minimum Gasteiger partial charge on any atom is -0.472 e. The molecule has 2 aliphatic heterocycles. The predicted octanol–water partition coefficient (Wildman–Crippen LogP) is 2.31. The molecule has 2 saturated heterocycles. The summed E-state index contributed by atoms with van der Waals surface area (Å²) in [4.78, 5) is 11.0. The van der Waals surface area contributed by atoms with Crippen LogP contribution in [0.25, 0.3) is 0 Å². The van der Waals surface area contributed by atoms with Crippen molar-refractivity contribution in [2.45, 2.75) is 37.5 Å². The van der Waals surface area contributed by atoms with Gasteiger partial charge in [-0.25, -0.2) is 9.97 Å². The monoisotopic (exact) mass is 314 g/mol. The Morgan fingerprint density at radius 1 is 1.35 bits per heavy atom. The number of piperidine rings is 1. The SMILES string of the molecule is c1cnc(N[C@@H]2CO[C@]3(CCCN(Cc4ccoc4)C3)C2)nc1. The summed E-state index contributed by atoms with van der Waals surface area (Å²) < 4.78 is 11.4. The lowest BCUT2D eigenvalue weighted by molar-refractivity contribution is -0.0533. The lowest BCUT2D eigenvalue weighted by Gasteiger charge is -2.39. The Balaban J connectivity index is 1.37. The zero-order chi connectivity index (χ0) is 15.5. The van der Waals surface area contributed by atoms with Crippen LogP contribution in [0.15, 0.2) is 41.5 Å². The molecule has 2 fully saturated rings.